The van der Waals surface area contributed by atoms with E-state index in [1.807, 2.05) is 4.90 Å². The van der Waals surface area contributed by atoms with Crippen molar-refractivity contribution in [2.24, 2.45) is 11.3 Å². The molecule has 2 heterocycles. The van der Waals surface area contributed by atoms with Gasteiger partial charge in [0.2, 0.25) is 5.88 Å². The van der Waals surface area contributed by atoms with E-state index >= 15 is 0 Å². The fourth-order valence-electron chi connectivity index (χ4n) is 2.89. The zero-order chi connectivity index (χ0) is 16.9. The first-order valence-corrected chi connectivity index (χ1v) is 8.49. The van der Waals surface area contributed by atoms with E-state index in [0.717, 1.165) is 19.3 Å². The van der Waals surface area contributed by atoms with Gasteiger partial charge in [-0.15, -0.1) is 0 Å². The van der Waals surface area contributed by atoms with Gasteiger partial charge in [0.25, 0.3) is 5.91 Å². The minimum Gasteiger partial charge on any atom is -0.477 e. The van der Waals surface area contributed by atoms with Crippen LogP contribution in [0.25, 0.3) is 0 Å². The molecule has 5 heteroatoms. The van der Waals surface area contributed by atoms with E-state index in [-0.39, 0.29) is 17.9 Å². The Labute approximate surface area is 138 Å². The zero-order valence-electron chi connectivity index (χ0n) is 14.4. The van der Waals surface area contributed by atoms with Crippen LogP contribution in [0.1, 0.15) is 50.4 Å². The Kier molecular flexibility index (Phi) is 5.99. The third-order valence-electron chi connectivity index (χ3n) is 4.75. The van der Waals surface area contributed by atoms with E-state index in [9.17, 15) is 9.90 Å². The lowest BCUT2D eigenvalue weighted by Crippen LogP contribution is -2.44. The molecule has 0 atom stereocenters. The number of ether oxygens (including phenoxy) is 1. The Bertz CT molecular complexity index is 517. The summed E-state index contributed by atoms with van der Waals surface area (Å²) in [4.78, 5) is 18.9. The number of hydrogen-bond acceptors (Lipinski definition) is 4. The molecule has 0 unspecified atom stereocenters. The van der Waals surface area contributed by atoms with Gasteiger partial charge < -0.3 is 14.7 Å². The summed E-state index contributed by atoms with van der Waals surface area (Å²) >= 11 is 0. The highest BCUT2D eigenvalue weighted by Gasteiger charge is 2.34. The van der Waals surface area contributed by atoms with Gasteiger partial charge in [0.1, 0.15) is 5.56 Å². The predicted molar refractivity (Wildman–Crippen MR) is 89.5 cm³/mol. The normalized spacial score (nSPS) is 17.3. The summed E-state index contributed by atoms with van der Waals surface area (Å²) in [6, 6.07) is 3.54. The number of carbonyl (C=O) groups is 1. The number of hydrogen-bond donors (Lipinski definition) is 1. The molecule has 1 N–H and O–H groups in total. The molecule has 1 aromatic rings. The lowest BCUT2D eigenvalue weighted by Gasteiger charge is -2.40. The number of piperidine rings is 1. The van der Waals surface area contributed by atoms with Crippen LogP contribution in [0.2, 0.25) is 0 Å². The standard InChI is InChI=1S/C18H28N2O3/c1-4-18(13-21)7-10-20(11-8-18)17(22)15-6-5-9-19-16(15)23-12-14(2)3/h5-6,9,14,21H,4,7-8,10-13H2,1-3H3. The lowest BCUT2D eigenvalue weighted by molar-refractivity contribution is 0.0335. The van der Waals surface area contributed by atoms with Gasteiger partial charge in [-0.2, -0.15) is 0 Å². The smallest absolute Gasteiger partial charge is 0.259 e. The Morgan fingerprint density at radius 2 is 2.13 bits per heavy atom. The van der Waals surface area contributed by atoms with Crippen LogP contribution in [0, 0.1) is 11.3 Å². The van der Waals surface area contributed by atoms with E-state index in [1.165, 1.54) is 0 Å². The third-order valence-corrected chi connectivity index (χ3v) is 4.75. The molecule has 0 spiro atoms. The molecule has 0 aromatic carbocycles. The average molecular weight is 320 g/mol. The molecule has 1 aliphatic rings. The number of likely N-dealkylation sites (tertiary alicyclic amines) is 1. The Balaban J connectivity index is 2.07. The molecule has 1 amide bonds. The van der Waals surface area contributed by atoms with Crippen LogP contribution in [0.15, 0.2) is 18.3 Å². The highest BCUT2D eigenvalue weighted by atomic mass is 16.5. The molecule has 2 rings (SSSR count). The molecule has 0 saturated carbocycles. The summed E-state index contributed by atoms with van der Waals surface area (Å²) in [6.07, 6.45) is 4.28. The zero-order valence-corrected chi connectivity index (χ0v) is 14.4. The first kappa shape index (κ1) is 17.7. The van der Waals surface area contributed by atoms with Crippen molar-refractivity contribution in [3.63, 3.8) is 0 Å². The average Bonchev–Trinajstić information content (AvgIpc) is 2.59. The number of aliphatic hydroxyl groups excluding tert-OH is 1. The number of amides is 1. The first-order chi connectivity index (χ1) is 11.0. The van der Waals surface area contributed by atoms with Crippen molar-refractivity contribution in [1.82, 2.24) is 9.88 Å². The van der Waals surface area contributed by atoms with Crippen LogP contribution in [0.4, 0.5) is 0 Å². The summed E-state index contributed by atoms with van der Waals surface area (Å²) < 4.78 is 5.70. The monoisotopic (exact) mass is 320 g/mol. The molecule has 0 bridgehead atoms. The number of aliphatic hydroxyl groups is 1. The number of aromatic nitrogens is 1. The van der Waals surface area contributed by atoms with E-state index in [0.29, 0.717) is 37.1 Å². The number of carbonyl (C=O) groups excluding carboxylic acids is 1. The van der Waals surface area contributed by atoms with Crippen molar-refractivity contribution in [2.75, 3.05) is 26.3 Å². The minimum absolute atomic E-state index is 0.0251. The van der Waals surface area contributed by atoms with E-state index in [1.54, 1.807) is 18.3 Å². The van der Waals surface area contributed by atoms with Gasteiger partial charge in [0.05, 0.1) is 6.61 Å². The first-order valence-electron chi connectivity index (χ1n) is 8.49. The molecule has 23 heavy (non-hydrogen) atoms. The maximum atomic E-state index is 12.8. The van der Waals surface area contributed by atoms with Crippen molar-refractivity contribution in [3.05, 3.63) is 23.9 Å². The lowest BCUT2D eigenvalue weighted by atomic mass is 9.77. The molecule has 1 saturated heterocycles. The Morgan fingerprint density at radius 1 is 1.43 bits per heavy atom. The van der Waals surface area contributed by atoms with Gasteiger partial charge in [0, 0.05) is 25.9 Å². The summed E-state index contributed by atoms with van der Waals surface area (Å²) in [5, 5.41) is 9.62. The Hall–Kier alpha value is -1.62. The van der Waals surface area contributed by atoms with Gasteiger partial charge in [-0.25, -0.2) is 4.98 Å². The predicted octanol–water partition coefficient (Wildman–Crippen LogP) is 2.74. The molecular formula is C18H28N2O3. The van der Waals surface area contributed by atoms with Crippen LogP contribution in [-0.4, -0.2) is 47.2 Å². The molecular weight excluding hydrogens is 292 g/mol. The van der Waals surface area contributed by atoms with Gasteiger partial charge in [-0.3, -0.25) is 4.79 Å². The van der Waals surface area contributed by atoms with Gasteiger partial charge >= 0.3 is 0 Å². The van der Waals surface area contributed by atoms with Crippen LogP contribution in [0.5, 0.6) is 5.88 Å². The summed E-state index contributed by atoms with van der Waals surface area (Å²) in [5.41, 5.74) is 0.504. The maximum Gasteiger partial charge on any atom is 0.259 e. The summed E-state index contributed by atoms with van der Waals surface area (Å²) in [5.74, 6) is 0.768. The van der Waals surface area contributed by atoms with Gasteiger partial charge in [-0.1, -0.05) is 20.8 Å². The summed E-state index contributed by atoms with van der Waals surface area (Å²) in [7, 11) is 0. The van der Waals surface area contributed by atoms with Gasteiger partial charge in [-0.05, 0) is 42.7 Å². The molecule has 5 nitrogen and oxygen atoms in total. The maximum absolute atomic E-state index is 12.8. The van der Waals surface area contributed by atoms with Crippen molar-refractivity contribution >= 4 is 5.91 Å². The van der Waals surface area contributed by atoms with E-state index in [4.69, 9.17) is 4.74 Å². The highest BCUT2D eigenvalue weighted by molar-refractivity contribution is 5.96. The fraction of sp³-hybridized carbons (Fsp3) is 0.667. The molecule has 0 aliphatic carbocycles. The number of rotatable bonds is 6. The van der Waals surface area contributed by atoms with Crippen molar-refractivity contribution in [3.8, 4) is 5.88 Å². The number of nitrogens with zero attached hydrogens (tertiary/aromatic N) is 2. The van der Waals surface area contributed by atoms with Crippen LogP contribution in [-0.2, 0) is 0 Å². The minimum atomic E-state index is -0.0282. The molecule has 1 fully saturated rings. The van der Waals surface area contributed by atoms with Crippen LogP contribution < -0.4 is 4.74 Å². The molecule has 0 radical (unpaired) electrons. The van der Waals surface area contributed by atoms with Crippen LogP contribution in [0.3, 0.4) is 0 Å². The SMILES string of the molecule is CCC1(CO)CCN(C(=O)c2cccnc2OCC(C)C)CC1. The molecule has 128 valence electrons. The number of pyridine rings is 1. The second-order valence-electron chi connectivity index (χ2n) is 6.86. The molecule has 1 aliphatic heterocycles. The van der Waals surface area contributed by atoms with Crippen molar-refractivity contribution in [1.29, 1.82) is 0 Å². The largest absolute Gasteiger partial charge is 0.477 e. The Morgan fingerprint density at radius 3 is 2.70 bits per heavy atom. The van der Waals surface area contributed by atoms with Crippen molar-refractivity contribution < 1.29 is 14.6 Å². The third kappa shape index (κ3) is 4.22. The van der Waals surface area contributed by atoms with E-state index in [2.05, 4.69) is 25.8 Å². The second-order valence-corrected chi connectivity index (χ2v) is 6.86. The highest BCUT2D eigenvalue weighted by Crippen LogP contribution is 2.35. The second kappa shape index (κ2) is 7.77. The topological polar surface area (TPSA) is 62.7 Å². The fourth-order valence-corrected chi connectivity index (χ4v) is 2.89. The quantitative estimate of drug-likeness (QED) is 0.875. The van der Waals surface area contributed by atoms with Crippen LogP contribution >= 0.6 is 0 Å². The van der Waals surface area contributed by atoms with Gasteiger partial charge in [0.15, 0.2) is 0 Å². The molecule has 1 aromatic heterocycles. The van der Waals surface area contributed by atoms with E-state index < -0.39 is 0 Å². The van der Waals surface area contributed by atoms with Crippen molar-refractivity contribution in [2.45, 2.75) is 40.0 Å². The summed E-state index contributed by atoms with van der Waals surface area (Å²) in [6.45, 7) is 8.31.